The molecule has 0 spiro atoms. The number of aromatic nitrogens is 2. The second kappa shape index (κ2) is 7.40. The normalized spacial score (nSPS) is 10.8. The zero-order chi connectivity index (χ0) is 17.9. The Bertz CT molecular complexity index is 1010. The van der Waals surface area contributed by atoms with E-state index >= 15 is 0 Å². The third-order valence-electron chi connectivity index (χ3n) is 3.98. The van der Waals surface area contributed by atoms with Gasteiger partial charge >= 0.3 is 0 Å². The number of halogens is 1. The summed E-state index contributed by atoms with van der Waals surface area (Å²) < 4.78 is 13.3. The number of benzene rings is 2. The highest BCUT2D eigenvalue weighted by molar-refractivity contribution is 7.98. The van der Waals surface area contributed by atoms with Gasteiger partial charge in [-0.05, 0) is 60.4 Å². The van der Waals surface area contributed by atoms with Gasteiger partial charge < -0.3 is 0 Å². The Labute approximate surface area is 159 Å². The molecule has 4 rings (SSSR count). The van der Waals surface area contributed by atoms with Crippen molar-refractivity contribution in [3.05, 3.63) is 78.7 Å². The van der Waals surface area contributed by atoms with Crippen LogP contribution in [0, 0.1) is 5.82 Å². The van der Waals surface area contributed by atoms with E-state index in [1.807, 2.05) is 18.2 Å². The van der Waals surface area contributed by atoms with Crippen molar-refractivity contribution in [2.24, 2.45) is 0 Å². The van der Waals surface area contributed by atoms with Crippen molar-refractivity contribution in [1.29, 1.82) is 0 Å². The van der Waals surface area contributed by atoms with Gasteiger partial charge in [-0.25, -0.2) is 9.37 Å². The van der Waals surface area contributed by atoms with Gasteiger partial charge in [-0.2, -0.15) is 0 Å². The van der Waals surface area contributed by atoms with E-state index in [0.717, 1.165) is 32.4 Å². The molecule has 0 atom stereocenters. The molecule has 0 fully saturated rings. The topological polar surface area (TPSA) is 25.8 Å². The van der Waals surface area contributed by atoms with Crippen LogP contribution >= 0.6 is 23.1 Å². The molecule has 128 valence electrons. The van der Waals surface area contributed by atoms with Crippen molar-refractivity contribution in [2.75, 3.05) is 6.26 Å². The molecular formula is C21H15FN2S2. The van der Waals surface area contributed by atoms with Gasteiger partial charge in [0.05, 0.1) is 16.3 Å². The lowest BCUT2D eigenvalue weighted by molar-refractivity contribution is 0.628. The molecule has 0 saturated carbocycles. The highest BCUT2D eigenvalue weighted by Gasteiger charge is 2.16. The first-order valence-corrected chi connectivity index (χ1v) is 10.1. The molecule has 2 aromatic carbocycles. The van der Waals surface area contributed by atoms with E-state index < -0.39 is 0 Å². The maximum Gasteiger partial charge on any atom is 0.143 e. The largest absolute Gasteiger partial charge is 0.254 e. The minimum Gasteiger partial charge on any atom is -0.254 e. The summed E-state index contributed by atoms with van der Waals surface area (Å²) in [6.45, 7) is 0. The zero-order valence-corrected chi connectivity index (χ0v) is 15.7. The Hall–Kier alpha value is -2.50. The first-order chi connectivity index (χ1) is 12.7. The van der Waals surface area contributed by atoms with E-state index in [2.05, 4.69) is 35.5 Å². The van der Waals surface area contributed by atoms with Crippen LogP contribution in [0.15, 0.2) is 77.8 Å². The monoisotopic (exact) mass is 378 g/mol. The van der Waals surface area contributed by atoms with E-state index in [1.165, 1.54) is 17.0 Å². The van der Waals surface area contributed by atoms with Crippen LogP contribution in [-0.2, 0) is 0 Å². The molecule has 0 aliphatic heterocycles. The Morgan fingerprint density at radius 1 is 0.885 bits per heavy atom. The SMILES string of the molecule is CSc1ccc(-c2sc(-c3ccccn3)nc2-c2ccc(F)cc2)cc1. The second-order valence-electron chi connectivity index (χ2n) is 5.65. The van der Waals surface area contributed by atoms with Crippen LogP contribution in [0.1, 0.15) is 0 Å². The van der Waals surface area contributed by atoms with Gasteiger partial charge in [0.2, 0.25) is 0 Å². The van der Waals surface area contributed by atoms with Crippen LogP contribution in [0.2, 0.25) is 0 Å². The molecule has 0 bridgehead atoms. The highest BCUT2D eigenvalue weighted by Crippen LogP contribution is 2.40. The molecule has 0 N–H and O–H groups in total. The van der Waals surface area contributed by atoms with Gasteiger partial charge in [0.1, 0.15) is 10.8 Å². The molecule has 2 aromatic heterocycles. The van der Waals surface area contributed by atoms with Crippen molar-refractivity contribution in [3.8, 4) is 32.4 Å². The van der Waals surface area contributed by atoms with E-state index in [0.29, 0.717) is 0 Å². The van der Waals surface area contributed by atoms with Crippen molar-refractivity contribution >= 4 is 23.1 Å². The van der Waals surface area contributed by atoms with Gasteiger partial charge in [0, 0.05) is 16.7 Å². The van der Waals surface area contributed by atoms with Crippen LogP contribution in [0.25, 0.3) is 32.4 Å². The predicted molar refractivity (Wildman–Crippen MR) is 108 cm³/mol. The van der Waals surface area contributed by atoms with Gasteiger partial charge in [0.25, 0.3) is 0 Å². The fourth-order valence-corrected chi connectivity index (χ4v) is 4.14. The maximum atomic E-state index is 13.3. The van der Waals surface area contributed by atoms with E-state index in [1.54, 1.807) is 41.4 Å². The zero-order valence-electron chi connectivity index (χ0n) is 14.0. The summed E-state index contributed by atoms with van der Waals surface area (Å²) in [4.78, 5) is 11.5. The Balaban J connectivity index is 1.87. The number of rotatable bonds is 4. The molecule has 0 unspecified atom stereocenters. The molecule has 26 heavy (non-hydrogen) atoms. The summed E-state index contributed by atoms with van der Waals surface area (Å²) in [5.74, 6) is -0.250. The maximum absolute atomic E-state index is 13.3. The first kappa shape index (κ1) is 16.9. The summed E-state index contributed by atoms with van der Waals surface area (Å²) in [6, 6.07) is 20.7. The standard InChI is InChI=1S/C21H15FN2S2/c1-25-17-11-7-15(8-12-17)20-19(14-5-9-16(22)10-6-14)24-21(26-20)18-4-2-3-13-23-18/h2-13H,1H3. The Morgan fingerprint density at radius 2 is 1.62 bits per heavy atom. The number of pyridine rings is 1. The number of nitrogens with zero attached hydrogens (tertiary/aromatic N) is 2. The molecular weight excluding hydrogens is 363 g/mol. The minimum absolute atomic E-state index is 0.250. The smallest absolute Gasteiger partial charge is 0.143 e. The molecule has 0 saturated heterocycles. The van der Waals surface area contributed by atoms with Crippen LogP contribution in [-0.4, -0.2) is 16.2 Å². The fourth-order valence-electron chi connectivity index (χ4n) is 2.66. The van der Waals surface area contributed by atoms with Gasteiger partial charge in [-0.15, -0.1) is 23.1 Å². The third kappa shape index (κ3) is 3.41. The molecule has 0 radical (unpaired) electrons. The average Bonchev–Trinajstić information content (AvgIpc) is 3.15. The molecule has 0 aliphatic rings. The van der Waals surface area contributed by atoms with E-state index in [9.17, 15) is 4.39 Å². The quantitative estimate of drug-likeness (QED) is 0.384. The fraction of sp³-hybridized carbons (Fsp3) is 0.0476. The number of hydrogen-bond donors (Lipinski definition) is 0. The number of thioether (sulfide) groups is 1. The van der Waals surface area contributed by atoms with Gasteiger partial charge in [-0.1, -0.05) is 18.2 Å². The lowest BCUT2D eigenvalue weighted by Crippen LogP contribution is -1.84. The summed E-state index contributed by atoms with van der Waals surface area (Å²) in [7, 11) is 0. The van der Waals surface area contributed by atoms with Crippen LogP contribution in [0.5, 0.6) is 0 Å². The summed E-state index contributed by atoms with van der Waals surface area (Å²) >= 11 is 3.32. The number of hydrogen-bond acceptors (Lipinski definition) is 4. The molecule has 4 aromatic rings. The molecule has 2 nitrogen and oxygen atoms in total. The summed E-state index contributed by atoms with van der Waals surface area (Å²) in [5.41, 5.74) is 3.69. The van der Waals surface area contributed by atoms with Gasteiger partial charge in [0.15, 0.2) is 0 Å². The molecule has 0 aliphatic carbocycles. The second-order valence-corrected chi connectivity index (χ2v) is 7.53. The average molecular weight is 378 g/mol. The lowest BCUT2D eigenvalue weighted by atomic mass is 10.1. The summed E-state index contributed by atoms with van der Waals surface area (Å²) in [6.07, 6.45) is 3.83. The van der Waals surface area contributed by atoms with Crippen molar-refractivity contribution in [2.45, 2.75) is 4.90 Å². The van der Waals surface area contributed by atoms with Crippen LogP contribution in [0.3, 0.4) is 0 Å². The Kier molecular flexibility index (Phi) is 4.82. The first-order valence-electron chi connectivity index (χ1n) is 8.07. The van der Waals surface area contributed by atoms with E-state index in [4.69, 9.17) is 4.98 Å². The van der Waals surface area contributed by atoms with Crippen molar-refractivity contribution in [1.82, 2.24) is 9.97 Å². The number of thiazole rings is 1. The molecule has 5 heteroatoms. The molecule has 0 amide bonds. The van der Waals surface area contributed by atoms with Gasteiger partial charge in [-0.3, -0.25) is 4.98 Å². The van der Waals surface area contributed by atoms with Crippen LogP contribution < -0.4 is 0 Å². The highest BCUT2D eigenvalue weighted by atomic mass is 32.2. The lowest BCUT2D eigenvalue weighted by Gasteiger charge is -2.04. The Morgan fingerprint density at radius 3 is 2.27 bits per heavy atom. The van der Waals surface area contributed by atoms with Crippen LogP contribution in [0.4, 0.5) is 4.39 Å². The van der Waals surface area contributed by atoms with Crippen molar-refractivity contribution < 1.29 is 4.39 Å². The van der Waals surface area contributed by atoms with Crippen molar-refractivity contribution in [3.63, 3.8) is 0 Å². The predicted octanol–water partition coefficient (Wildman–Crippen LogP) is 6.40. The minimum atomic E-state index is -0.250. The third-order valence-corrected chi connectivity index (χ3v) is 5.85. The summed E-state index contributed by atoms with van der Waals surface area (Å²) in [5, 5.41) is 0.855. The van der Waals surface area contributed by atoms with E-state index in [-0.39, 0.29) is 5.82 Å². The molecule has 2 heterocycles.